The van der Waals surface area contributed by atoms with Crippen LogP contribution >= 0.6 is 0 Å². The van der Waals surface area contributed by atoms with Crippen LogP contribution in [0.4, 0.5) is 0 Å². The van der Waals surface area contributed by atoms with E-state index in [2.05, 4.69) is 0 Å². The zero-order valence-electron chi connectivity index (χ0n) is 22.2. The first kappa shape index (κ1) is 13.8. The first-order chi connectivity index (χ1) is 14.2. The van der Waals surface area contributed by atoms with Gasteiger partial charge < -0.3 is 19.7 Å². The molecule has 0 heterocycles. The van der Waals surface area contributed by atoms with Gasteiger partial charge in [0, 0.05) is 11.1 Å². The molecule has 144 valence electrons. The van der Waals surface area contributed by atoms with Gasteiger partial charge in [-0.3, -0.25) is 0 Å². The Morgan fingerprint density at radius 1 is 0.769 bits per heavy atom. The second-order valence-corrected chi connectivity index (χ2v) is 8.06. The molecule has 0 unspecified atom stereocenters. The van der Waals surface area contributed by atoms with Crippen molar-refractivity contribution in [3.05, 3.63) is 47.5 Å². The van der Waals surface area contributed by atoms with E-state index in [1.165, 1.54) is 30.3 Å². The van der Waals surface area contributed by atoms with E-state index in [0.717, 1.165) is 0 Å². The summed E-state index contributed by atoms with van der Waals surface area (Å²) >= 11 is 0. The fourth-order valence-electron chi connectivity index (χ4n) is 2.37. The van der Waals surface area contributed by atoms with E-state index in [1.807, 2.05) is 41.5 Å². The maximum Gasteiger partial charge on any atom is 0.122 e. The smallest absolute Gasteiger partial charge is 0.122 e. The summed E-state index contributed by atoms with van der Waals surface area (Å²) in [5.74, 6) is 0.765. The third-order valence-corrected chi connectivity index (χ3v) is 3.77. The van der Waals surface area contributed by atoms with Crippen molar-refractivity contribution in [2.24, 2.45) is 0 Å². The van der Waals surface area contributed by atoms with Crippen molar-refractivity contribution in [1.29, 1.82) is 0 Å². The van der Waals surface area contributed by atoms with Gasteiger partial charge >= 0.3 is 0 Å². The standard InChI is InChI=1S/2C11H16O2/c1-11(2,3)9-7-8(13-4)5-6-10(9)12;1-11(2,3)9-7-8(12)5-6-10(9)13-4/h2*5-7,12H,1-4H3/i2*4D3. The zero-order chi connectivity index (χ0) is 25.1. The van der Waals surface area contributed by atoms with Gasteiger partial charge in [0.1, 0.15) is 23.0 Å². The third-order valence-electron chi connectivity index (χ3n) is 3.77. The van der Waals surface area contributed by atoms with Crippen LogP contribution in [0.3, 0.4) is 0 Å². The van der Waals surface area contributed by atoms with Crippen LogP contribution in [0.1, 0.15) is 60.9 Å². The second-order valence-electron chi connectivity index (χ2n) is 8.06. The van der Waals surface area contributed by atoms with Crippen molar-refractivity contribution in [2.45, 2.75) is 52.4 Å². The van der Waals surface area contributed by atoms with Crippen LogP contribution in [0.2, 0.25) is 0 Å². The average Bonchev–Trinajstić information content (AvgIpc) is 2.54. The molecule has 4 nitrogen and oxygen atoms in total. The van der Waals surface area contributed by atoms with Crippen LogP contribution < -0.4 is 9.47 Å². The number of phenols is 2. The summed E-state index contributed by atoms with van der Waals surface area (Å²) in [7, 11) is -4.94. The summed E-state index contributed by atoms with van der Waals surface area (Å²) < 4.78 is 51.9. The first-order valence-corrected chi connectivity index (χ1v) is 8.24. The molecule has 26 heavy (non-hydrogen) atoms. The molecule has 2 aromatic carbocycles. The zero-order valence-corrected chi connectivity index (χ0v) is 16.2. The molecule has 4 heteroatoms. The van der Waals surface area contributed by atoms with Gasteiger partial charge in [0.25, 0.3) is 0 Å². The molecule has 2 aromatic rings. The number of rotatable bonds is 2. The monoisotopic (exact) mass is 366 g/mol. The van der Waals surface area contributed by atoms with Crippen molar-refractivity contribution < 1.29 is 27.9 Å². The highest BCUT2D eigenvalue weighted by Crippen LogP contribution is 2.34. The van der Waals surface area contributed by atoms with Gasteiger partial charge in [-0.05, 0) is 47.2 Å². The van der Waals surface area contributed by atoms with E-state index in [0.29, 0.717) is 11.1 Å². The molecule has 0 saturated heterocycles. The Balaban J connectivity index is 0.000000320. The first-order valence-electron chi connectivity index (χ1n) is 11.2. The van der Waals surface area contributed by atoms with Crippen LogP contribution in [-0.4, -0.2) is 24.3 Å². The number of hydrogen-bond donors (Lipinski definition) is 2. The normalized spacial score (nSPS) is 15.8. The van der Waals surface area contributed by atoms with Crippen molar-refractivity contribution in [3.8, 4) is 23.0 Å². The second kappa shape index (κ2) is 8.35. The fourth-order valence-corrected chi connectivity index (χ4v) is 2.37. The highest BCUT2D eigenvalue weighted by atomic mass is 16.5. The van der Waals surface area contributed by atoms with E-state index in [9.17, 15) is 10.2 Å². The summed E-state index contributed by atoms with van der Waals surface area (Å²) in [6.45, 7) is 11.6. The Kier molecular flexibility index (Phi) is 4.43. The van der Waals surface area contributed by atoms with Crippen molar-refractivity contribution in [2.75, 3.05) is 14.1 Å². The van der Waals surface area contributed by atoms with Gasteiger partial charge in [-0.2, -0.15) is 0 Å². The number of benzene rings is 2. The van der Waals surface area contributed by atoms with Gasteiger partial charge in [0.2, 0.25) is 0 Å². The molecular formula is C22H32O4. The summed E-state index contributed by atoms with van der Waals surface area (Å²) in [5.41, 5.74) is 0.773. The van der Waals surface area contributed by atoms with Gasteiger partial charge in [0.05, 0.1) is 22.3 Å². The van der Waals surface area contributed by atoms with Gasteiger partial charge in [-0.1, -0.05) is 41.5 Å². The van der Waals surface area contributed by atoms with Gasteiger partial charge in [-0.15, -0.1) is 0 Å². The Morgan fingerprint density at radius 2 is 1.38 bits per heavy atom. The van der Waals surface area contributed by atoms with Crippen LogP contribution in [-0.2, 0) is 10.8 Å². The molecule has 0 amide bonds. The Hall–Kier alpha value is -2.36. The maximum absolute atomic E-state index is 9.67. The molecule has 2 N–H and O–H groups in total. The minimum absolute atomic E-state index is 0.0998. The number of ether oxygens (including phenoxy) is 2. The van der Waals surface area contributed by atoms with Crippen molar-refractivity contribution in [1.82, 2.24) is 0 Å². The molecule has 0 atom stereocenters. The Labute approximate surface area is 165 Å². The quantitative estimate of drug-likeness (QED) is 0.747. The lowest BCUT2D eigenvalue weighted by atomic mass is 9.86. The van der Waals surface area contributed by atoms with E-state index >= 15 is 0 Å². The molecule has 0 aliphatic rings. The minimum Gasteiger partial charge on any atom is -0.508 e. The average molecular weight is 367 g/mol. The lowest BCUT2D eigenvalue weighted by Crippen LogP contribution is -2.12. The van der Waals surface area contributed by atoms with E-state index in [1.54, 1.807) is 6.07 Å². The van der Waals surface area contributed by atoms with E-state index in [4.69, 9.17) is 17.7 Å². The van der Waals surface area contributed by atoms with Crippen molar-refractivity contribution in [3.63, 3.8) is 0 Å². The van der Waals surface area contributed by atoms with E-state index in [-0.39, 0.29) is 33.8 Å². The predicted molar refractivity (Wildman–Crippen MR) is 107 cm³/mol. The summed E-state index contributed by atoms with van der Waals surface area (Å²) in [6.07, 6.45) is 0. The number of hydrogen-bond acceptors (Lipinski definition) is 4. The highest BCUT2D eigenvalue weighted by molar-refractivity contribution is 5.44. The molecule has 0 aliphatic heterocycles. The summed E-state index contributed by atoms with van der Waals surface area (Å²) in [4.78, 5) is 0. The molecule has 0 aromatic heterocycles. The Bertz CT molecular complexity index is 907. The van der Waals surface area contributed by atoms with Crippen LogP contribution in [0.5, 0.6) is 23.0 Å². The summed E-state index contributed by atoms with van der Waals surface area (Å²) in [6, 6.07) is 8.86. The lowest BCUT2D eigenvalue weighted by molar-refractivity contribution is 0.394. The minimum atomic E-state index is -2.48. The molecule has 0 fully saturated rings. The predicted octanol–water partition coefficient (Wildman–Crippen LogP) is 5.40. The van der Waals surface area contributed by atoms with Crippen molar-refractivity contribution >= 4 is 0 Å². The van der Waals surface area contributed by atoms with E-state index < -0.39 is 14.1 Å². The topological polar surface area (TPSA) is 58.9 Å². The summed E-state index contributed by atoms with van der Waals surface area (Å²) in [5, 5.41) is 19.1. The number of methoxy groups -OCH3 is 2. The third kappa shape index (κ3) is 5.87. The Morgan fingerprint density at radius 3 is 1.92 bits per heavy atom. The van der Waals surface area contributed by atoms with Crippen LogP contribution in [0.15, 0.2) is 36.4 Å². The van der Waals surface area contributed by atoms with Crippen LogP contribution in [0, 0.1) is 0 Å². The molecule has 0 radical (unpaired) electrons. The molecule has 0 aliphatic carbocycles. The maximum atomic E-state index is 9.67. The lowest BCUT2D eigenvalue weighted by Gasteiger charge is -2.21. The highest BCUT2D eigenvalue weighted by Gasteiger charge is 2.19. The molecule has 0 saturated carbocycles. The van der Waals surface area contributed by atoms with Gasteiger partial charge in [0.15, 0.2) is 0 Å². The molecule has 0 spiro atoms. The fraction of sp³-hybridized carbons (Fsp3) is 0.455. The molecule has 2 rings (SSSR count). The van der Waals surface area contributed by atoms with Gasteiger partial charge in [-0.25, -0.2) is 0 Å². The molecular weight excluding hydrogens is 328 g/mol. The molecule has 0 bridgehead atoms. The van der Waals surface area contributed by atoms with Crippen LogP contribution in [0.25, 0.3) is 0 Å². The largest absolute Gasteiger partial charge is 0.508 e. The number of aromatic hydroxyl groups is 2. The number of phenolic OH excluding ortho intramolecular Hbond substituents is 2. The SMILES string of the molecule is [2H]C([2H])([2H])Oc1ccc(O)c(C(C)(C)C)c1.[2H]C([2H])([2H])Oc1ccc(O)cc1C(C)(C)C.